The van der Waals surface area contributed by atoms with Crippen molar-refractivity contribution in [3.63, 3.8) is 0 Å². The van der Waals surface area contributed by atoms with E-state index in [-0.39, 0.29) is 22.4 Å². The molecule has 0 saturated carbocycles. The van der Waals surface area contributed by atoms with E-state index in [2.05, 4.69) is 0 Å². The van der Waals surface area contributed by atoms with Gasteiger partial charge in [-0.1, -0.05) is 18.2 Å². The molecule has 0 saturated heterocycles. The van der Waals surface area contributed by atoms with Gasteiger partial charge in [-0.3, -0.25) is 4.79 Å². The average Bonchev–Trinajstić information content (AvgIpc) is 2.46. The zero-order valence-corrected chi connectivity index (χ0v) is 10.6. The van der Waals surface area contributed by atoms with Gasteiger partial charge in [0.2, 0.25) is 0 Å². The zero-order chi connectivity index (χ0) is 14.7. The summed E-state index contributed by atoms with van der Waals surface area (Å²) >= 11 is 0. The Hall–Kier alpha value is -2.69. The summed E-state index contributed by atoms with van der Waals surface area (Å²) in [5.74, 6) is -2.20. The van der Waals surface area contributed by atoms with E-state index in [0.29, 0.717) is 0 Å². The SMILES string of the molecule is COc1cc(F)ccc1C(=O)c1ccccc1C(=O)O. The first-order valence-electron chi connectivity index (χ1n) is 5.75. The van der Waals surface area contributed by atoms with E-state index in [1.165, 1.54) is 31.4 Å². The molecule has 0 aliphatic heterocycles. The first-order chi connectivity index (χ1) is 9.54. The Bertz CT molecular complexity index is 679. The van der Waals surface area contributed by atoms with Gasteiger partial charge in [0.25, 0.3) is 0 Å². The molecular formula is C15H11FO4. The molecule has 2 aromatic carbocycles. The molecule has 0 spiro atoms. The number of rotatable bonds is 4. The smallest absolute Gasteiger partial charge is 0.336 e. The highest BCUT2D eigenvalue weighted by atomic mass is 19.1. The monoisotopic (exact) mass is 274 g/mol. The third-order valence-electron chi connectivity index (χ3n) is 2.81. The van der Waals surface area contributed by atoms with E-state index in [9.17, 15) is 14.0 Å². The maximum atomic E-state index is 13.1. The van der Waals surface area contributed by atoms with Gasteiger partial charge in [-0.25, -0.2) is 9.18 Å². The van der Waals surface area contributed by atoms with Crippen molar-refractivity contribution in [2.45, 2.75) is 0 Å². The van der Waals surface area contributed by atoms with Crippen LogP contribution in [0.4, 0.5) is 4.39 Å². The van der Waals surface area contributed by atoms with E-state index in [1.54, 1.807) is 6.07 Å². The maximum Gasteiger partial charge on any atom is 0.336 e. The number of methoxy groups -OCH3 is 1. The molecule has 0 aliphatic rings. The summed E-state index contributed by atoms with van der Waals surface area (Å²) in [5, 5.41) is 9.09. The maximum absolute atomic E-state index is 13.1. The van der Waals surface area contributed by atoms with E-state index < -0.39 is 17.6 Å². The minimum atomic E-state index is -1.20. The second kappa shape index (κ2) is 5.52. The number of hydrogen-bond donors (Lipinski definition) is 1. The summed E-state index contributed by atoms with van der Waals surface area (Å²) in [5.41, 5.74) is 0.0383. The lowest BCUT2D eigenvalue weighted by Gasteiger charge is -2.09. The molecule has 0 aliphatic carbocycles. The topological polar surface area (TPSA) is 63.6 Å². The third kappa shape index (κ3) is 2.51. The second-order valence-electron chi connectivity index (χ2n) is 4.02. The molecule has 0 unspecified atom stereocenters. The van der Waals surface area contributed by atoms with Crippen LogP contribution in [0.1, 0.15) is 26.3 Å². The zero-order valence-electron chi connectivity index (χ0n) is 10.6. The van der Waals surface area contributed by atoms with Gasteiger partial charge in [-0.15, -0.1) is 0 Å². The largest absolute Gasteiger partial charge is 0.496 e. The molecule has 4 nitrogen and oxygen atoms in total. The van der Waals surface area contributed by atoms with Crippen molar-refractivity contribution in [2.75, 3.05) is 7.11 Å². The Morgan fingerprint density at radius 3 is 2.30 bits per heavy atom. The van der Waals surface area contributed by atoms with E-state index in [0.717, 1.165) is 12.1 Å². The quantitative estimate of drug-likeness (QED) is 0.871. The molecule has 0 radical (unpaired) electrons. The molecule has 0 aromatic heterocycles. The van der Waals surface area contributed by atoms with Crippen LogP contribution in [0.2, 0.25) is 0 Å². The molecule has 102 valence electrons. The predicted molar refractivity (Wildman–Crippen MR) is 69.8 cm³/mol. The van der Waals surface area contributed by atoms with Gasteiger partial charge in [0.15, 0.2) is 5.78 Å². The molecule has 0 bridgehead atoms. The molecule has 0 amide bonds. The highest BCUT2D eigenvalue weighted by molar-refractivity contribution is 6.15. The van der Waals surface area contributed by atoms with Gasteiger partial charge in [-0.05, 0) is 18.2 Å². The fourth-order valence-electron chi connectivity index (χ4n) is 1.87. The van der Waals surface area contributed by atoms with Crippen molar-refractivity contribution in [1.29, 1.82) is 0 Å². The van der Waals surface area contributed by atoms with Crippen LogP contribution in [0.5, 0.6) is 5.75 Å². The van der Waals surface area contributed by atoms with Crippen LogP contribution in [0.15, 0.2) is 42.5 Å². The van der Waals surface area contributed by atoms with Crippen LogP contribution in [-0.4, -0.2) is 24.0 Å². The number of ketones is 1. The Labute approximate surface area is 114 Å². The fourth-order valence-corrected chi connectivity index (χ4v) is 1.87. The van der Waals surface area contributed by atoms with Crippen LogP contribution in [0.3, 0.4) is 0 Å². The Balaban J connectivity index is 2.55. The standard InChI is InChI=1S/C15H11FO4/c1-20-13-8-9(16)6-7-12(13)14(17)10-4-2-3-5-11(10)15(18)19/h2-8H,1H3,(H,18,19). The molecule has 0 atom stereocenters. The van der Waals surface area contributed by atoms with E-state index in [4.69, 9.17) is 9.84 Å². The highest BCUT2D eigenvalue weighted by Gasteiger charge is 2.20. The number of carbonyl (C=O) groups is 2. The van der Waals surface area contributed by atoms with E-state index in [1.807, 2.05) is 0 Å². The molecule has 20 heavy (non-hydrogen) atoms. The minimum Gasteiger partial charge on any atom is -0.496 e. The molecular weight excluding hydrogens is 263 g/mol. The molecule has 5 heteroatoms. The minimum absolute atomic E-state index is 0.0323. The number of aromatic carboxylic acids is 1. The summed E-state index contributed by atoms with van der Waals surface area (Å²) in [6.07, 6.45) is 0. The summed E-state index contributed by atoms with van der Waals surface area (Å²) < 4.78 is 18.1. The number of halogens is 1. The molecule has 0 fully saturated rings. The van der Waals surface area contributed by atoms with Gasteiger partial charge in [0, 0.05) is 11.6 Å². The van der Waals surface area contributed by atoms with E-state index >= 15 is 0 Å². The number of carboxylic acid groups (broad SMARTS) is 1. The third-order valence-corrected chi connectivity index (χ3v) is 2.81. The van der Waals surface area contributed by atoms with Crippen LogP contribution >= 0.6 is 0 Å². The Morgan fingerprint density at radius 1 is 1.05 bits per heavy atom. The van der Waals surface area contributed by atoms with Crippen LogP contribution in [0.25, 0.3) is 0 Å². The van der Waals surface area contributed by atoms with Crippen molar-refractivity contribution in [3.05, 3.63) is 65.0 Å². The lowest BCUT2D eigenvalue weighted by Crippen LogP contribution is -2.10. The molecule has 2 aromatic rings. The van der Waals surface area contributed by atoms with Crippen LogP contribution in [0, 0.1) is 5.82 Å². The highest BCUT2D eigenvalue weighted by Crippen LogP contribution is 2.24. The number of hydrogen-bond acceptors (Lipinski definition) is 3. The number of benzene rings is 2. The van der Waals surface area contributed by atoms with Crippen LogP contribution < -0.4 is 4.74 Å². The van der Waals surface area contributed by atoms with Crippen molar-refractivity contribution in [2.24, 2.45) is 0 Å². The number of ether oxygens (including phenoxy) is 1. The van der Waals surface area contributed by atoms with Crippen molar-refractivity contribution >= 4 is 11.8 Å². The predicted octanol–water partition coefficient (Wildman–Crippen LogP) is 2.76. The molecule has 0 heterocycles. The van der Waals surface area contributed by atoms with Crippen molar-refractivity contribution in [3.8, 4) is 5.75 Å². The first-order valence-corrected chi connectivity index (χ1v) is 5.75. The average molecular weight is 274 g/mol. The summed E-state index contributed by atoms with van der Waals surface area (Å²) in [6.45, 7) is 0. The number of carboxylic acids is 1. The normalized spacial score (nSPS) is 10.1. The fraction of sp³-hybridized carbons (Fsp3) is 0.0667. The Morgan fingerprint density at radius 2 is 1.70 bits per heavy atom. The van der Waals surface area contributed by atoms with Gasteiger partial charge in [-0.2, -0.15) is 0 Å². The van der Waals surface area contributed by atoms with Crippen molar-refractivity contribution < 1.29 is 23.8 Å². The van der Waals surface area contributed by atoms with Crippen molar-refractivity contribution in [1.82, 2.24) is 0 Å². The van der Waals surface area contributed by atoms with Gasteiger partial charge >= 0.3 is 5.97 Å². The van der Waals surface area contributed by atoms with Crippen LogP contribution in [-0.2, 0) is 0 Å². The lowest BCUT2D eigenvalue weighted by atomic mass is 9.98. The van der Waals surface area contributed by atoms with Gasteiger partial charge in [0.05, 0.1) is 18.2 Å². The lowest BCUT2D eigenvalue weighted by molar-refractivity contribution is 0.0692. The number of carbonyl (C=O) groups excluding carboxylic acids is 1. The second-order valence-corrected chi connectivity index (χ2v) is 4.02. The van der Waals surface area contributed by atoms with Gasteiger partial charge < -0.3 is 9.84 Å². The molecule has 2 rings (SSSR count). The Kier molecular flexibility index (Phi) is 3.79. The first kappa shape index (κ1) is 13.7. The van der Waals surface area contributed by atoms with Gasteiger partial charge in [0.1, 0.15) is 11.6 Å². The summed E-state index contributed by atoms with van der Waals surface area (Å²) in [7, 11) is 1.31. The summed E-state index contributed by atoms with van der Waals surface area (Å²) in [6, 6.07) is 9.32. The molecule has 1 N–H and O–H groups in total. The summed E-state index contributed by atoms with van der Waals surface area (Å²) in [4.78, 5) is 23.5.